The lowest BCUT2D eigenvalue weighted by atomic mass is 10.7. The number of thioether (sulfide) groups is 1. The average Bonchev–Trinajstić information content (AvgIpc) is 2.74. The third-order valence-corrected chi connectivity index (χ3v) is 2.26. The molecular weight excluding hydrogens is 264 g/mol. The minimum Gasteiger partial charge on any atom is -0.459 e. The van der Waals surface area contributed by atoms with Gasteiger partial charge in [0.2, 0.25) is 5.91 Å². The standard InChI is InChI=1S/C8H10N4O5S/c1-2-16-6(14)5-11-12-8(17-5)18-3-4(13)10-7(9)15/h2-3H2,1H3,(H3,9,10,13,15). The molecule has 0 unspecified atom stereocenters. The molecular formula is C8H10N4O5S. The SMILES string of the molecule is CCOC(=O)c1nnc(SCC(=O)NC(N)=O)o1. The number of amides is 3. The van der Waals surface area contributed by atoms with Gasteiger partial charge in [0.15, 0.2) is 0 Å². The van der Waals surface area contributed by atoms with Crippen LogP contribution in [-0.4, -0.2) is 40.5 Å². The number of aromatic nitrogens is 2. The molecule has 0 aliphatic heterocycles. The Morgan fingerprint density at radius 3 is 2.78 bits per heavy atom. The lowest BCUT2D eigenvalue weighted by Crippen LogP contribution is -2.36. The zero-order valence-electron chi connectivity index (χ0n) is 9.34. The van der Waals surface area contributed by atoms with Crippen molar-refractivity contribution in [1.82, 2.24) is 15.5 Å². The van der Waals surface area contributed by atoms with Crippen molar-refractivity contribution >= 4 is 29.7 Å². The van der Waals surface area contributed by atoms with Crippen molar-refractivity contribution in [1.29, 1.82) is 0 Å². The number of rotatable bonds is 5. The lowest BCUT2D eigenvalue weighted by Gasteiger charge is -1.97. The summed E-state index contributed by atoms with van der Waals surface area (Å²) in [4.78, 5) is 32.6. The second kappa shape index (κ2) is 6.59. The van der Waals surface area contributed by atoms with Crippen LogP contribution in [0.4, 0.5) is 4.79 Å². The van der Waals surface area contributed by atoms with Crippen LogP contribution in [0.1, 0.15) is 17.6 Å². The Hall–Kier alpha value is -2.10. The van der Waals surface area contributed by atoms with E-state index in [0.717, 1.165) is 11.8 Å². The number of nitrogens with one attached hydrogen (secondary N) is 1. The van der Waals surface area contributed by atoms with Gasteiger partial charge in [-0.2, -0.15) is 0 Å². The van der Waals surface area contributed by atoms with Gasteiger partial charge in [-0.05, 0) is 6.92 Å². The Balaban J connectivity index is 2.47. The van der Waals surface area contributed by atoms with Crippen LogP contribution in [-0.2, 0) is 9.53 Å². The van der Waals surface area contributed by atoms with E-state index in [-0.39, 0.29) is 23.5 Å². The van der Waals surface area contributed by atoms with Crippen molar-refractivity contribution in [2.24, 2.45) is 5.73 Å². The van der Waals surface area contributed by atoms with Crippen LogP contribution in [0.3, 0.4) is 0 Å². The number of imide groups is 1. The van der Waals surface area contributed by atoms with Crippen LogP contribution in [0, 0.1) is 0 Å². The molecule has 1 heterocycles. The summed E-state index contributed by atoms with van der Waals surface area (Å²) in [6.45, 7) is 1.82. The molecule has 1 aromatic rings. The number of nitrogens with two attached hydrogens (primary N) is 1. The number of hydrogen-bond acceptors (Lipinski definition) is 8. The van der Waals surface area contributed by atoms with Gasteiger partial charge in [-0.1, -0.05) is 16.9 Å². The van der Waals surface area contributed by atoms with E-state index in [2.05, 4.69) is 14.9 Å². The highest BCUT2D eigenvalue weighted by Gasteiger charge is 2.17. The highest BCUT2D eigenvalue weighted by Crippen LogP contribution is 2.15. The summed E-state index contributed by atoms with van der Waals surface area (Å²) in [5.41, 5.74) is 4.75. The second-order valence-electron chi connectivity index (χ2n) is 2.79. The maximum Gasteiger partial charge on any atom is 0.396 e. The number of esters is 1. The fourth-order valence-corrected chi connectivity index (χ4v) is 1.41. The molecule has 0 aliphatic carbocycles. The van der Waals surface area contributed by atoms with E-state index in [4.69, 9.17) is 10.2 Å². The predicted molar refractivity (Wildman–Crippen MR) is 58.7 cm³/mol. The molecule has 3 amide bonds. The number of carbonyl (C=O) groups is 3. The number of ether oxygens (including phenoxy) is 1. The molecule has 0 aliphatic rings. The summed E-state index contributed by atoms with van der Waals surface area (Å²) in [7, 11) is 0. The van der Waals surface area contributed by atoms with Gasteiger partial charge in [-0.15, -0.1) is 5.10 Å². The molecule has 0 saturated carbocycles. The smallest absolute Gasteiger partial charge is 0.396 e. The van der Waals surface area contributed by atoms with Crippen molar-refractivity contribution in [3.05, 3.63) is 5.89 Å². The van der Waals surface area contributed by atoms with Gasteiger partial charge in [0, 0.05) is 0 Å². The number of hydrogen-bond donors (Lipinski definition) is 2. The van der Waals surface area contributed by atoms with Gasteiger partial charge in [-0.3, -0.25) is 10.1 Å². The van der Waals surface area contributed by atoms with Gasteiger partial charge in [-0.25, -0.2) is 9.59 Å². The summed E-state index contributed by atoms with van der Waals surface area (Å²) in [6.07, 6.45) is 0. The normalized spacial score (nSPS) is 9.83. The van der Waals surface area contributed by atoms with E-state index >= 15 is 0 Å². The second-order valence-corrected chi connectivity index (χ2v) is 3.72. The minimum absolute atomic E-state index is 0.0117. The number of carbonyl (C=O) groups excluding carboxylic acids is 3. The summed E-state index contributed by atoms with van der Waals surface area (Å²) < 4.78 is 9.56. The van der Waals surface area contributed by atoms with E-state index in [1.54, 1.807) is 6.92 Å². The van der Waals surface area contributed by atoms with E-state index in [1.807, 2.05) is 5.32 Å². The summed E-state index contributed by atoms with van der Waals surface area (Å²) in [6, 6.07) is -0.946. The Morgan fingerprint density at radius 1 is 1.44 bits per heavy atom. The zero-order valence-corrected chi connectivity index (χ0v) is 10.2. The topological polar surface area (TPSA) is 137 Å². The van der Waals surface area contributed by atoms with Gasteiger partial charge < -0.3 is 14.9 Å². The van der Waals surface area contributed by atoms with E-state index in [1.165, 1.54) is 0 Å². The summed E-state index contributed by atoms with van der Waals surface area (Å²) >= 11 is 0.859. The molecule has 0 radical (unpaired) electrons. The van der Waals surface area contributed by atoms with Crippen molar-refractivity contribution in [3.63, 3.8) is 0 Å². The van der Waals surface area contributed by atoms with Crippen LogP contribution >= 0.6 is 11.8 Å². The first-order chi connectivity index (χ1) is 8.52. The molecule has 0 bridgehead atoms. The third kappa shape index (κ3) is 4.41. The van der Waals surface area contributed by atoms with Crippen molar-refractivity contribution in [2.45, 2.75) is 12.1 Å². The Bertz CT molecular complexity index is 460. The largest absolute Gasteiger partial charge is 0.459 e. The Labute approximate surface area is 105 Å². The molecule has 0 saturated heterocycles. The number of urea groups is 1. The molecule has 0 atom stereocenters. The molecule has 0 aromatic carbocycles. The Morgan fingerprint density at radius 2 is 2.17 bits per heavy atom. The van der Waals surface area contributed by atoms with E-state index < -0.39 is 17.9 Å². The molecule has 9 nitrogen and oxygen atoms in total. The first kappa shape index (κ1) is 14.0. The fourth-order valence-electron chi connectivity index (χ4n) is 0.844. The lowest BCUT2D eigenvalue weighted by molar-refractivity contribution is -0.117. The number of primary amides is 1. The van der Waals surface area contributed by atoms with Gasteiger partial charge in [0.05, 0.1) is 12.4 Å². The summed E-state index contributed by atoms with van der Waals surface area (Å²) in [5.74, 6) is -1.79. The maximum atomic E-state index is 11.2. The average molecular weight is 274 g/mol. The van der Waals surface area contributed by atoms with Crippen LogP contribution in [0.5, 0.6) is 0 Å². The first-order valence-corrected chi connectivity index (χ1v) is 5.74. The van der Waals surface area contributed by atoms with Crippen LogP contribution < -0.4 is 11.1 Å². The minimum atomic E-state index is -0.946. The summed E-state index contributed by atoms with van der Waals surface area (Å²) in [5, 5.41) is 8.83. The molecule has 10 heteroatoms. The van der Waals surface area contributed by atoms with Crippen LogP contribution in [0.25, 0.3) is 0 Å². The zero-order chi connectivity index (χ0) is 13.5. The van der Waals surface area contributed by atoms with Gasteiger partial charge in [0.25, 0.3) is 5.22 Å². The van der Waals surface area contributed by atoms with Crippen molar-refractivity contribution in [3.8, 4) is 0 Å². The molecule has 0 fully saturated rings. The predicted octanol–water partition coefficient (Wildman–Crippen LogP) is -0.467. The molecule has 1 rings (SSSR count). The maximum absolute atomic E-state index is 11.2. The molecule has 98 valence electrons. The van der Waals surface area contributed by atoms with Gasteiger partial charge in [0.1, 0.15) is 0 Å². The van der Waals surface area contributed by atoms with E-state index in [9.17, 15) is 14.4 Å². The Kier molecular flexibility index (Phi) is 5.11. The molecule has 1 aromatic heterocycles. The first-order valence-electron chi connectivity index (χ1n) is 4.75. The third-order valence-electron chi connectivity index (χ3n) is 1.45. The molecule has 0 spiro atoms. The van der Waals surface area contributed by atoms with E-state index in [0.29, 0.717) is 0 Å². The van der Waals surface area contributed by atoms with Crippen LogP contribution in [0.15, 0.2) is 9.64 Å². The number of nitrogens with zero attached hydrogens (tertiary/aromatic N) is 2. The quantitative estimate of drug-likeness (QED) is 0.543. The highest BCUT2D eigenvalue weighted by molar-refractivity contribution is 7.99. The molecule has 3 N–H and O–H groups in total. The molecule has 18 heavy (non-hydrogen) atoms. The van der Waals surface area contributed by atoms with Crippen molar-refractivity contribution < 1.29 is 23.5 Å². The van der Waals surface area contributed by atoms with Crippen LogP contribution in [0.2, 0.25) is 0 Å². The highest BCUT2D eigenvalue weighted by atomic mass is 32.2. The fraction of sp³-hybridized carbons (Fsp3) is 0.375. The van der Waals surface area contributed by atoms with Gasteiger partial charge >= 0.3 is 17.9 Å². The monoisotopic (exact) mass is 274 g/mol. The van der Waals surface area contributed by atoms with Crippen molar-refractivity contribution in [2.75, 3.05) is 12.4 Å².